The fourth-order valence-electron chi connectivity index (χ4n) is 2.71. The first kappa shape index (κ1) is 14.1. The molecule has 0 fully saturated rings. The summed E-state index contributed by atoms with van der Waals surface area (Å²) in [7, 11) is -2.98. The van der Waals surface area contributed by atoms with Crippen molar-refractivity contribution < 1.29 is 8.42 Å². The molecular weight excluding hydrogens is 286 g/mol. The van der Waals surface area contributed by atoms with Crippen molar-refractivity contribution in [2.45, 2.75) is 19.4 Å². The standard InChI is InChI=1S/C15H19N3O2S/c1-21(19,20)9-8-18-11-16-10-14(18)13-6-2-4-12-5-3-7-17-15(12)13/h2,4,6,10-11,17H,3,5,7-9H2,1H3. The smallest absolute Gasteiger partial charge is 0.149 e. The molecule has 6 heteroatoms. The Morgan fingerprint density at radius 1 is 1.38 bits per heavy atom. The number of sulfone groups is 1. The summed E-state index contributed by atoms with van der Waals surface area (Å²) in [6, 6.07) is 6.25. The van der Waals surface area contributed by atoms with Crippen LogP contribution in [0.2, 0.25) is 0 Å². The number of para-hydroxylation sites is 1. The Hall–Kier alpha value is -1.82. The van der Waals surface area contributed by atoms with Crippen LogP contribution in [0.15, 0.2) is 30.7 Å². The zero-order valence-corrected chi connectivity index (χ0v) is 12.9. The van der Waals surface area contributed by atoms with Crippen molar-refractivity contribution in [3.63, 3.8) is 0 Å². The van der Waals surface area contributed by atoms with E-state index in [0.717, 1.165) is 36.3 Å². The first-order valence-electron chi connectivity index (χ1n) is 7.08. The summed E-state index contributed by atoms with van der Waals surface area (Å²) in [5, 5.41) is 3.46. The SMILES string of the molecule is CS(=O)(=O)CCn1cncc1-c1cccc2c1NCCC2. The summed E-state index contributed by atoms with van der Waals surface area (Å²) in [5.41, 5.74) is 4.53. The molecule has 0 bridgehead atoms. The second-order valence-corrected chi connectivity index (χ2v) is 7.73. The topological polar surface area (TPSA) is 64.0 Å². The molecule has 1 aliphatic rings. The zero-order valence-electron chi connectivity index (χ0n) is 12.0. The van der Waals surface area contributed by atoms with Crippen molar-refractivity contribution >= 4 is 15.5 Å². The molecule has 2 aromatic rings. The number of benzene rings is 1. The zero-order chi connectivity index (χ0) is 14.9. The third-order valence-corrected chi connectivity index (χ3v) is 4.69. The van der Waals surface area contributed by atoms with E-state index in [1.54, 1.807) is 12.5 Å². The molecule has 1 aliphatic heterocycles. The van der Waals surface area contributed by atoms with Crippen LogP contribution < -0.4 is 5.32 Å². The Labute approximate surface area is 124 Å². The van der Waals surface area contributed by atoms with Gasteiger partial charge in [-0.15, -0.1) is 0 Å². The van der Waals surface area contributed by atoms with Gasteiger partial charge >= 0.3 is 0 Å². The fraction of sp³-hybridized carbons (Fsp3) is 0.400. The van der Waals surface area contributed by atoms with Crippen LogP contribution in [0.5, 0.6) is 0 Å². The molecule has 2 heterocycles. The van der Waals surface area contributed by atoms with Gasteiger partial charge in [-0.1, -0.05) is 18.2 Å². The average molecular weight is 305 g/mol. The minimum absolute atomic E-state index is 0.124. The predicted octanol–water partition coefficient (Wildman–Crippen LogP) is 1.95. The Morgan fingerprint density at radius 2 is 2.24 bits per heavy atom. The van der Waals surface area contributed by atoms with Crippen molar-refractivity contribution in [2.75, 3.05) is 23.9 Å². The summed E-state index contributed by atoms with van der Waals surface area (Å²) < 4.78 is 24.6. The number of hydrogen-bond acceptors (Lipinski definition) is 4. The Balaban J connectivity index is 1.97. The Morgan fingerprint density at radius 3 is 3.05 bits per heavy atom. The van der Waals surface area contributed by atoms with E-state index in [9.17, 15) is 8.42 Å². The van der Waals surface area contributed by atoms with Gasteiger partial charge in [0.2, 0.25) is 0 Å². The van der Waals surface area contributed by atoms with Crippen molar-refractivity contribution in [2.24, 2.45) is 0 Å². The van der Waals surface area contributed by atoms with Crippen molar-refractivity contribution in [3.05, 3.63) is 36.3 Å². The number of aryl methyl sites for hydroxylation is 2. The molecule has 0 atom stereocenters. The van der Waals surface area contributed by atoms with Gasteiger partial charge in [-0.25, -0.2) is 13.4 Å². The molecule has 1 N–H and O–H groups in total. The van der Waals surface area contributed by atoms with Crippen LogP contribution in [-0.2, 0) is 22.8 Å². The van der Waals surface area contributed by atoms with Crippen molar-refractivity contribution in [3.8, 4) is 11.3 Å². The number of hydrogen-bond donors (Lipinski definition) is 1. The number of nitrogens with zero attached hydrogens (tertiary/aromatic N) is 2. The number of fused-ring (bicyclic) bond motifs is 1. The molecule has 1 aromatic carbocycles. The molecule has 1 aromatic heterocycles. The second kappa shape index (κ2) is 5.52. The van der Waals surface area contributed by atoms with E-state index in [4.69, 9.17) is 0 Å². The minimum Gasteiger partial charge on any atom is -0.384 e. The number of anilines is 1. The van der Waals surface area contributed by atoms with Crippen LogP contribution in [0.4, 0.5) is 5.69 Å². The van der Waals surface area contributed by atoms with E-state index in [-0.39, 0.29) is 5.75 Å². The monoisotopic (exact) mass is 305 g/mol. The van der Waals surface area contributed by atoms with E-state index in [1.165, 1.54) is 11.8 Å². The molecule has 0 unspecified atom stereocenters. The van der Waals surface area contributed by atoms with Gasteiger partial charge in [0, 0.05) is 30.6 Å². The molecule has 0 aliphatic carbocycles. The van der Waals surface area contributed by atoms with Crippen LogP contribution in [0.3, 0.4) is 0 Å². The molecule has 0 spiro atoms. The minimum atomic E-state index is -2.98. The van der Waals surface area contributed by atoms with E-state index < -0.39 is 9.84 Å². The van der Waals surface area contributed by atoms with Crippen LogP contribution in [0.1, 0.15) is 12.0 Å². The van der Waals surface area contributed by atoms with Gasteiger partial charge in [-0.2, -0.15) is 0 Å². The number of imidazole rings is 1. The van der Waals surface area contributed by atoms with Crippen molar-refractivity contribution in [1.82, 2.24) is 9.55 Å². The predicted molar refractivity (Wildman–Crippen MR) is 84.2 cm³/mol. The normalized spacial score (nSPS) is 14.5. The Kier molecular flexibility index (Phi) is 3.71. The van der Waals surface area contributed by atoms with Gasteiger partial charge in [0.1, 0.15) is 9.84 Å². The third kappa shape index (κ3) is 3.10. The maximum absolute atomic E-state index is 11.4. The summed E-state index contributed by atoms with van der Waals surface area (Å²) in [4.78, 5) is 4.19. The van der Waals surface area contributed by atoms with E-state index in [2.05, 4.69) is 28.5 Å². The molecular formula is C15H19N3O2S. The number of rotatable bonds is 4. The van der Waals surface area contributed by atoms with Gasteiger partial charge in [-0.05, 0) is 18.4 Å². The lowest BCUT2D eigenvalue weighted by Gasteiger charge is -2.21. The van der Waals surface area contributed by atoms with Crippen LogP contribution in [0, 0.1) is 0 Å². The third-order valence-electron chi connectivity index (χ3n) is 3.77. The van der Waals surface area contributed by atoms with Crippen LogP contribution in [0.25, 0.3) is 11.3 Å². The highest BCUT2D eigenvalue weighted by Crippen LogP contribution is 2.33. The molecule has 112 valence electrons. The average Bonchev–Trinajstić information content (AvgIpc) is 2.92. The molecule has 0 saturated heterocycles. The van der Waals surface area contributed by atoms with E-state index in [0.29, 0.717) is 6.54 Å². The first-order chi connectivity index (χ1) is 10.0. The largest absolute Gasteiger partial charge is 0.384 e. The van der Waals surface area contributed by atoms with Crippen LogP contribution in [-0.4, -0.2) is 36.5 Å². The van der Waals surface area contributed by atoms with E-state index in [1.807, 2.05) is 4.57 Å². The second-order valence-electron chi connectivity index (χ2n) is 5.47. The molecule has 0 saturated carbocycles. The molecule has 0 amide bonds. The number of nitrogens with one attached hydrogen (secondary N) is 1. The summed E-state index contributed by atoms with van der Waals surface area (Å²) in [5.74, 6) is 0.124. The van der Waals surface area contributed by atoms with E-state index >= 15 is 0 Å². The molecule has 3 rings (SSSR count). The quantitative estimate of drug-likeness (QED) is 0.938. The highest BCUT2D eigenvalue weighted by atomic mass is 32.2. The highest BCUT2D eigenvalue weighted by molar-refractivity contribution is 7.90. The molecule has 5 nitrogen and oxygen atoms in total. The lowest BCUT2D eigenvalue weighted by molar-refractivity contribution is 0.595. The van der Waals surface area contributed by atoms with Gasteiger partial charge in [0.15, 0.2) is 0 Å². The van der Waals surface area contributed by atoms with Gasteiger partial charge in [-0.3, -0.25) is 0 Å². The summed E-state index contributed by atoms with van der Waals surface area (Å²) in [6.07, 6.45) is 6.98. The van der Waals surface area contributed by atoms with Gasteiger partial charge in [0.25, 0.3) is 0 Å². The lowest BCUT2D eigenvalue weighted by Crippen LogP contribution is -2.14. The maximum Gasteiger partial charge on any atom is 0.149 e. The van der Waals surface area contributed by atoms with Gasteiger partial charge in [0.05, 0.1) is 24.0 Å². The molecule has 0 radical (unpaired) electrons. The van der Waals surface area contributed by atoms with Crippen LogP contribution >= 0.6 is 0 Å². The number of aromatic nitrogens is 2. The summed E-state index contributed by atoms with van der Waals surface area (Å²) >= 11 is 0. The van der Waals surface area contributed by atoms with Crippen molar-refractivity contribution in [1.29, 1.82) is 0 Å². The lowest BCUT2D eigenvalue weighted by atomic mass is 9.98. The Bertz CT molecular complexity index is 750. The molecule has 21 heavy (non-hydrogen) atoms. The first-order valence-corrected chi connectivity index (χ1v) is 9.15. The maximum atomic E-state index is 11.4. The summed E-state index contributed by atoms with van der Waals surface area (Å²) in [6.45, 7) is 1.40. The fourth-order valence-corrected chi connectivity index (χ4v) is 3.24. The highest BCUT2D eigenvalue weighted by Gasteiger charge is 2.16. The van der Waals surface area contributed by atoms with Gasteiger partial charge < -0.3 is 9.88 Å².